The van der Waals surface area contributed by atoms with Crippen LogP contribution in [0.4, 0.5) is 4.39 Å². The molecule has 0 N–H and O–H groups in total. The number of esters is 1. The maximum absolute atomic E-state index is 13.1. The maximum atomic E-state index is 13.1. The fourth-order valence-electron chi connectivity index (χ4n) is 3.22. The van der Waals surface area contributed by atoms with Crippen LogP contribution in [0.5, 0.6) is 5.75 Å². The normalized spacial score (nSPS) is 11.7. The van der Waals surface area contributed by atoms with Crippen LogP contribution in [0.15, 0.2) is 53.2 Å². The Bertz CT molecular complexity index is 1080. The van der Waals surface area contributed by atoms with Gasteiger partial charge in [0.2, 0.25) is 0 Å². The van der Waals surface area contributed by atoms with Gasteiger partial charge in [-0.15, -0.1) is 6.42 Å². The molecule has 1 unspecified atom stereocenters. The monoisotopic (exact) mass is 423 g/mol. The molecule has 0 bridgehead atoms. The van der Waals surface area contributed by atoms with Crippen molar-refractivity contribution in [2.75, 3.05) is 6.61 Å². The molecule has 0 aliphatic carbocycles. The molecule has 3 aromatic rings. The van der Waals surface area contributed by atoms with Gasteiger partial charge in [0.25, 0.3) is 0 Å². The van der Waals surface area contributed by atoms with Gasteiger partial charge in [-0.3, -0.25) is 0 Å². The molecular weight excluding hydrogens is 399 g/mol. The smallest absolute Gasteiger partial charge is 0.345 e. The second-order valence-electron chi connectivity index (χ2n) is 7.56. The predicted octanol–water partition coefficient (Wildman–Crippen LogP) is 6.02. The van der Waals surface area contributed by atoms with E-state index in [1.165, 1.54) is 12.1 Å². The van der Waals surface area contributed by atoms with Crippen molar-refractivity contribution >= 4 is 16.4 Å². The quantitative estimate of drug-likeness (QED) is 0.276. The molecule has 3 nitrogen and oxygen atoms in total. The van der Waals surface area contributed by atoms with Crippen molar-refractivity contribution in [1.82, 2.24) is 0 Å². The minimum Gasteiger partial charge on any atom is -0.481 e. The Labute approximate surface area is 179 Å². The zero-order valence-electron chi connectivity index (χ0n) is 17.5. The molecule has 0 fully saturated rings. The summed E-state index contributed by atoms with van der Waals surface area (Å²) in [6.07, 6.45) is 5.47. The third-order valence-electron chi connectivity index (χ3n) is 4.76. The van der Waals surface area contributed by atoms with Gasteiger partial charge in [0.05, 0.1) is 5.56 Å². The van der Waals surface area contributed by atoms with E-state index in [2.05, 4.69) is 28.8 Å². The van der Waals surface area contributed by atoms with Crippen LogP contribution in [0.3, 0.4) is 0 Å². The molecule has 0 radical (unpaired) electrons. The lowest BCUT2D eigenvalue weighted by Gasteiger charge is -2.25. The third kappa shape index (κ3) is 4.90. The van der Waals surface area contributed by atoms with Crippen molar-refractivity contribution in [1.29, 1.82) is 0 Å². The number of aryl methyl sites for hydroxylation is 2. The Hall–Kier alpha value is -3.10. The number of hydrogen-bond acceptors (Lipinski definition) is 3. The highest BCUT2D eigenvalue weighted by Gasteiger charge is 2.26. The molecule has 5 heteroatoms. The molecule has 30 heavy (non-hydrogen) atoms. The first-order valence-electron chi connectivity index (χ1n) is 9.50. The average molecular weight is 424 g/mol. The summed E-state index contributed by atoms with van der Waals surface area (Å²) in [5.41, 5.74) is 2.59. The summed E-state index contributed by atoms with van der Waals surface area (Å²) in [4.78, 5) is 13.5. The number of carbonyl (C=O) groups excluding carboxylic acids is 1. The lowest BCUT2D eigenvalue weighted by Crippen LogP contribution is -2.28. The number of benzene rings is 2. The largest absolute Gasteiger partial charge is 0.481 e. The highest BCUT2D eigenvalue weighted by atomic mass is 32.2. The lowest BCUT2D eigenvalue weighted by molar-refractivity contribution is -0.159. The van der Waals surface area contributed by atoms with Gasteiger partial charge < -0.3 is 9.47 Å². The molecule has 0 aliphatic rings. The van der Waals surface area contributed by atoms with Crippen molar-refractivity contribution in [3.05, 3.63) is 81.3 Å². The molecule has 0 aliphatic heterocycles. The Morgan fingerprint density at radius 3 is 2.33 bits per heavy atom. The van der Waals surface area contributed by atoms with Crippen LogP contribution < -0.4 is 4.74 Å². The van der Waals surface area contributed by atoms with Crippen molar-refractivity contribution in [3.63, 3.8) is 0 Å². The molecule has 0 saturated heterocycles. The van der Waals surface area contributed by atoms with Crippen LogP contribution in [0, 0.1) is 32.0 Å². The molecule has 1 heterocycles. The minimum absolute atomic E-state index is 0.157. The topological polar surface area (TPSA) is 35.5 Å². The van der Waals surface area contributed by atoms with Gasteiger partial charge in [-0.1, -0.05) is 18.1 Å². The molecule has 1 aromatic heterocycles. The summed E-state index contributed by atoms with van der Waals surface area (Å²) in [7, 11) is -0.157. The summed E-state index contributed by atoms with van der Waals surface area (Å²) in [6.45, 7) is 7.22. The van der Waals surface area contributed by atoms with Gasteiger partial charge in [0, 0.05) is 28.7 Å². The van der Waals surface area contributed by atoms with Crippen molar-refractivity contribution < 1.29 is 18.7 Å². The van der Waals surface area contributed by atoms with Gasteiger partial charge in [0.1, 0.15) is 22.5 Å². The summed E-state index contributed by atoms with van der Waals surface area (Å²) in [6, 6.07) is 12.0. The van der Waals surface area contributed by atoms with E-state index in [1.54, 1.807) is 26.0 Å². The van der Waals surface area contributed by atoms with E-state index in [1.807, 2.05) is 19.9 Å². The number of terminal acetylenes is 1. The van der Waals surface area contributed by atoms with Gasteiger partial charge in [-0.25, -0.2) is 9.18 Å². The molecule has 0 spiro atoms. The first-order chi connectivity index (χ1) is 14.2. The summed E-state index contributed by atoms with van der Waals surface area (Å²) >= 11 is 0. The highest BCUT2D eigenvalue weighted by molar-refractivity contribution is 7.37. The van der Waals surface area contributed by atoms with Gasteiger partial charge in [-0.2, -0.15) is 0 Å². The second kappa shape index (κ2) is 8.73. The zero-order valence-corrected chi connectivity index (χ0v) is 18.3. The number of rotatable bonds is 6. The second-order valence-corrected chi connectivity index (χ2v) is 9.28. The van der Waals surface area contributed by atoms with E-state index >= 15 is 0 Å². The minimum atomic E-state index is -0.890. The van der Waals surface area contributed by atoms with Gasteiger partial charge >= 0.3 is 5.97 Å². The summed E-state index contributed by atoms with van der Waals surface area (Å²) < 4.78 is 24.5. The third-order valence-corrected chi connectivity index (χ3v) is 6.48. The van der Waals surface area contributed by atoms with Crippen molar-refractivity contribution in [2.24, 2.45) is 0 Å². The van der Waals surface area contributed by atoms with Crippen LogP contribution >= 0.6 is 10.5 Å². The van der Waals surface area contributed by atoms with E-state index in [-0.39, 0.29) is 22.9 Å². The van der Waals surface area contributed by atoms with Gasteiger partial charge in [0.15, 0.2) is 16.9 Å². The van der Waals surface area contributed by atoms with E-state index in [9.17, 15) is 9.18 Å². The van der Waals surface area contributed by atoms with Crippen LogP contribution in [-0.4, -0.2) is 12.6 Å². The first-order valence-corrected chi connectivity index (χ1v) is 10.8. The van der Waals surface area contributed by atoms with Crippen molar-refractivity contribution in [2.45, 2.75) is 33.3 Å². The fourth-order valence-corrected chi connectivity index (χ4v) is 4.93. The van der Waals surface area contributed by atoms with Crippen LogP contribution in [0.1, 0.15) is 36.1 Å². The number of thiophene rings is 1. The number of carbonyl (C=O) groups is 1. The zero-order chi connectivity index (χ0) is 21.9. The predicted molar refractivity (Wildman–Crippen MR) is 119 cm³/mol. The highest BCUT2D eigenvalue weighted by Crippen LogP contribution is 2.37. The molecule has 154 valence electrons. The average Bonchev–Trinajstić information content (AvgIpc) is 3.16. The maximum Gasteiger partial charge on any atom is 0.345 e. The van der Waals surface area contributed by atoms with Crippen LogP contribution in [0.25, 0.3) is 4.90 Å². The Balaban J connectivity index is 1.68. The summed E-state index contributed by atoms with van der Waals surface area (Å²) in [5, 5.41) is 4.17. The molecule has 1 atom stereocenters. The number of hydrogen-bond donors (Lipinski definition) is 0. The van der Waals surface area contributed by atoms with Crippen LogP contribution in [-0.2, 0) is 15.1 Å². The van der Waals surface area contributed by atoms with E-state index in [0.717, 1.165) is 21.6 Å². The molecule has 2 aromatic carbocycles. The first kappa shape index (κ1) is 21.6. The van der Waals surface area contributed by atoms with Gasteiger partial charge in [-0.05, 0) is 56.5 Å². The molecule has 0 saturated carbocycles. The number of ether oxygens (including phenoxy) is 2. The SMILES string of the molecule is C#Cc1cc[s+](-c2cc(C)c(OCC(=O)OC(C)(C)c3ccc(F)cc3)c(C)c2)c1. The van der Waals surface area contributed by atoms with Crippen molar-refractivity contribution in [3.8, 4) is 23.0 Å². The van der Waals surface area contributed by atoms with E-state index in [0.29, 0.717) is 11.3 Å². The fraction of sp³-hybridized carbons (Fsp3) is 0.240. The van der Waals surface area contributed by atoms with Crippen LogP contribution in [0.2, 0.25) is 0 Å². The standard InChI is InChI=1S/C25H24FO3S/c1-6-19-11-12-30(16-19)22-13-17(2)24(18(3)14-22)28-15-23(27)29-25(4,5)20-7-9-21(26)10-8-20/h1,7-14,16H,15H2,2-5H3/q+1. The lowest BCUT2D eigenvalue weighted by atomic mass is 9.98. The molecule has 3 rings (SSSR count). The summed E-state index contributed by atoms with van der Waals surface area (Å²) in [5.74, 6) is 2.50. The van der Waals surface area contributed by atoms with E-state index in [4.69, 9.17) is 15.9 Å². The molecular formula is C25H24FO3S+. The Morgan fingerprint density at radius 2 is 1.77 bits per heavy atom. The van der Waals surface area contributed by atoms with E-state index < -0.39 is 11.6 Å². The number of halogens is 1. The Morgan fingerprint density at radius 1 is 1.13 bits per heavy atom. The Kier molecular flexibility index (Phi) is 6.28. The molecule has 0 amide bonds.